The lowest BCUT2D eigenvalue weighted by Gasteiger charge is -2.35. The van der Waals surface area contributed by atoms with Crippen LogP contribution in [0.25, 0.3) is 11.0 Å². The van der Waals surface area contributed by atoms with Crippen molar-refractivity contribution >= 4 is 11.0 Å². The van der Waals surface area contributed by atoms with Crippen molar-refractivity contribution in [2.75, 3.05) is 13.1 Å². The molecule has 5 N–H and O–H groups in total. The Hall–Kier alpha value is -1.68. The summed E-state index contributed by atoms with van der Waals surface area (Å²) in [5.74, 6) is 0.955. The fourth-order valence-corrected chi connectivity index (χ4v) is 4.60. The van der Waals surface area contributed by atoms with Gasteiger partial charge < -0.3 is 25.7 Å². The maximum absolute atomic E-state index is 10.4. The first-order valence-corrected chi connectivity index (χ1v) is 8.96. The van der Waals surface area contributed by atoms with Crippen molar-refractivity contribution in [1.29, 1.82) is 0 Å². The van der Waals surface area contributed by atoms with E-state index in [1.807, 2.05) is 0 Å². The SMILES string of the molecule is OC1OC([n+]2ccnc3cc4c(cc32)C2CNCC4C2)C(O)C(O)C1O. The molecule has 0 spiro atoms. The highest BCUT2D eigenvalue weighted by atomic mass is 16.6. The zero-order chi connectivity index (χ0) is 18.0. The van der Waals surface area contributed by atoms with Gasteiger partial charge in [-0.05, 0) is 35.4 Å². The van der Waals surface area contributed by atoms with Crippen molar-refractivity contribution in [1.82, 2.24) is 10.3 Å². The largest absolute Gasteiger partial charge is 0.387 e. The number of rotatable bonds is 1. The van der Waals surface area contributed by atoms with Gasteiger partial charge in [-0.25, -0.2) is 4.98 Å². The van der Waals surface area contributed by atoms with Crippen molar-refractivity contribution in [2.24, 2.45) is 0 Å². The van der Waals surface area contributed by atoms with Crippen LogP contribution in [0.3, 0.4) is 0 Å². The van der Waals surface area contributed by atoms with Crippen molar-refractivity contribution in [3.63, 3.8) is 0 Å². The zero-order valence-electron chi connectivity index (χ0n) is 14.1. The number of benzene rings is 1. The van der Waals surface area contributed by atoms with Crippen LogP contribution >= 0.6 is 0 Å². The van der Waals surface area contributed by atoms with E-state index in [2.05, 4.69) is 22.4 Å². The molecule has 2 fully saturated rings. The van der Waals surface area contributed by atoms with Crippen molar-refractivity contribution in [3.8, 4) is 0 Å². The molecule has 8 nitrogen and oxygen atoms in total. The van der Waals surface area contributed by atoms with E-state index in [0.29, 0.717) is 11.8 Å². The molecule has 3 heterocycles. The fourth-order valence-electron chi connectivity index (χ4n) is 4.60. The van der Waals surface area contributed by atoms with Crippen LogP contribution in [0.1, 0.15) is 35.6 Å². The molecule has 1 aromatic heterocycles. The molecule has 7 atom stereocenters. The van der Waals surface area contributed by atoms with E-state index in [0.717, 1.165) is 30.5 Å². The number of nitrogens with one attached hydrogen (secondary N) is 1. The number of aliphatic hydroxyl groups is 4. The predicted molar refractivity (Wildman–Crippen MR) is 89.1 cm³/mol. The number of aromatic nitrogens is 2. The number of nitrogens with zero attached hydrogens (tertiary/aromatic N) is 2. The van der Waals surface area contributed by atoms with E-state index in [4.69, 9.17) is 4.74 Å². The smallest absolute Gasteiger partial charge is 0.294 e. The Morgan fingerprint density at radius 1 is 1.00 bits per heavy atom. The van der Waals surface area contributed by atoms with Gasteiger partial charge in [-0.3, -0.25) is 4.74 Å². The summed E-state index contributed by atoms with van der Waals surface area (Å²) in [6.07, 6.45) is -2.64. The van der Waals surface area contributed by atoms with E-state index < -0.39 is 30.8 Å². The average Bonchev–Trinajstić information content (AvgIpc) is 2.90. The van der Waals surface area contributed by atoms with Crippen LogP contribution in [-0.4, -0.2) is 63.1 Å². The van der Waals surface area contributed by atoms with Gasteiger partial charge in [0.25, 0.3) is 6.23 Å². The van der Waals surface area contributed by atoms with Gasteiger partial charge in [-0.1, -0.05) is 0 Å². The molecule has 138 valence electrons. The lowest BCUT2D eigenvalue weighted by Crippen LogP contribution is -2.62. The first kappa shape index (κ1) is 16.5. The first-order valence-electron chi connectivity index (χ1n) is 8.96. The van der Waals surface area contributed by atoms with Crippen molar-refractivity contribution < 1.29 is 29.7 Å². The van der Waals surface area contributed by atoms with Gasteiger partial charge in [0, 0.05) is 19.2 Å². The van der Waals surface area contributed by atoms with E-state index in [1.54, 1.807) is 17.0 Å². The summed E-state index contributed by atoms with van der Waals surface area (Å²) in [7, 11) is 0. The Morgan fingerprint density at radius 2 is 1.73 bits per heavy atom. The lowest BCUT2D eigenvalue weighted by molar-refractivity contribution is -0.761. The highest BCUT2D eigenvalue weighted by Gasteiger charge is 2.48. The molecule has 2 aromatic rings. The van der Waals surface area contributed by atoms with Gasteiger partial charge in [0.2, 0.25) is 5.52 Å². The quantitative estimate of drug-likeness (QED) is 0.398. The van der Waals surface area contributed by atoms with Gasteiger partial charge in [0.15, 0.2) is 18.6 Å². The van der Waals surface area contributed by atoms with E-state index >= 15 is 0 Å². The highest BCUT2D eigenvalue weighted by molar-refractivity contribution is 5.74. The molecular formula is C18H22N3O5+. The van der Waals surface area contributed by atoms with Gasteiger partial charge in [0.1, 0.15) is 17.7 Å². The Labute approximate surface area is 149 Å². The summed E-state index contributed by atoms with van der Waals surface area (Å²) in [5, 5.41) is 43.4. The first-order chi connectivity index (χ1) is 12.5. The van der Waals surface area contributed by atoms with E-state index in [-0.39, 0.29) is 0 Å². The summed E-state index contributed by atoms with van der Waals surface area (Å²) >= 11 is 0. The maximum atomic E-state index is 10.4. The van der Waals surface area contributed by atoms with Gasteiger partial charge >= 0.3 is 0 Å². The van der Waals surface area contributed by atoms with Crippen LogP contribution in [-0.2, 0) is 4.74 Å². The molecule has 2 bridgehead atoms. The molecule has 2 aliphatic heterocycles. The Bertz CT molecular complexity index is 862. The number of ether oxygens (including phenoxy) is 1. The van der Waals surface area contributed by atoms with Crippen LogP contribution in [0.15, 0.2) is 24.5 Å². The molecule has 2 saturated heterocycles. The molecular weight excluding hydrogens is 338 g/mol. The maximum Gasteiger partial charge on any atom is 0.294 e. The monoisotopic (exact) mass is 360 g/mol. The Balaban J connectivity index is 1.63. The summed E-state index contributed by atoms with van der Waals surface area (Å²) in [4.78, 5) is 4.45. The van der Waals surface area contributed by atoms with Crippen LogP contribution in [0, 0.1) is 0 Å². The Morgan fingerprint density at radius 3 is 2.50 bits per heavy atom. The summed E-state index contributed by atoms with van der Waals surface area (Å²) in [5.41, 5.74) is 4.13. The minimum atomic E-state index is -1.58. The zero-order valence-corrected chi connectivity index (χ0v) is 14.1. The molecule has 3 aliphatic rings. The third-order valence-corrected chi connectivity index (χ3v) is 5.97. The van der Waals surface area contributed by atoms with Crippen LogP contribution < -0.4 is 9.88 Å². The van der Waals surface area contributed by atoms with E-state index in [1.165, 1.54) is 11.1 Å². The molecule has 5 rings (SSSR count). The van der Waals surface area contributed by atoms with E-state index in [9.17, 15) is 20.4 Å². The minimum absolute atomic E-state index is 0.456. The lowest BCUT2D eigenvalue weighted by atomic mass is 9.98. The predicted octanol–water partition coefficient (Wildman–Crippen LogP) is -1.37. The molecule has 1 aromatic carbocycles. The number of hydrogen-bond donors (Lipinski definition) is 5. The molecule has 0 radical (unpaired) electrons. The standard InChI is InChI=1S/C18H22N3O5/c22-14-15(23)17(26-18(25)16(14)24)21-2-1-20-12-4-10-8-3-9(7-19-6-8)11(10)5-13(12)21/h1-2,4-5,8-9,14-19,22-25H,3,6-7H2/q+1. The molecule has 1 aliphatic carbocycles. The third kappa shape index (κ3) is 2.31. The summed E-state index contributed by atoms with van der Waals surface area (Å²) in [6.45, 7) is 1.92. The number of piperidine rings is 1. The van der Waals surface area contributed by atoms with Gasteiger partial charge in [-0.15, -0.1) is 0 Å². The van der Waals surface area contributed by atoms with Crippen LogP contribution in [0.2, 0.25) is 0 Å². The topological polar surface area (TPSA) is 119 Å². The van der Waals surface area contributed by atoms with Crippen molar-refractivity contribution in [2.45, 2.75) is 49.1 Å². The van der Waals surface area contributed by atoms with Crippen LogP contribution in [0.5, 0.6) is 0 Å². The molecule has 26 heavy (non-hydrogen) atoms. The highest BCUT2D eigenvalue weighted by Crippen LogP contribution is 2.44. The summed E-state index contributed by atoms with van der Waals surface area (Å²) in [6, 6.07) is 4.17. The normalized spacial score (nSPS) is 39.2. The number of aliphatic hydroxyl groups excluding tert-OH is 4. The second-order valence-corrected chi connectivity index (χ2v) is 7.48. The van der Waals surface area contributed by atoms with Crippen LogP contribution in [0.4, 0.5) is 0 Å². The van der Waals surface area contributed by atoms with Gasteiger partial charge in [0.05, 0.1) is 6.20 Å². The Kier molecular flexibility index (Phi) is 3.75. The second-order valence-electron chi connectivity index (χ2n) is 7.48. The summed E-state index contributed by atoms with van der Waals surface area (Å²) < 4.78 is 7.07. The average molecular weight is 360 g/mol. The van der Waals surface area contributed by atoms with Crippen molar-refractivity contribution in [3.05, 3.63) is 35.7 Å². The fraction of sp³-hybridized carbons (Fsp3) is 0.556. The third-order valence-electron chi connectivity index (χ3n) is 5.97. The number of fused-ring (bicyclic) bond motifs is 6. The number of hydrogen-bond acceptors (Lipinski definition) is 7. The molecule has 0 amide bonds. The molecule has 7 unspecified atom stereocenters. The minimum Gasteiger partial charge on any atom is -0.387 e. The van der Waals surface area contributed by atoms with Gasteiger partial charge in [-0.2, -0.15) is 4.57 Å². The second kappa shape index (κ2) is 5.91. The molecule has 0 saturated carbocycles. The molecule has 8 heteroatoms.